The van der Waals surface area contributed by atoms with Crippen LogP contribution in [0.15, 0.2) is 18.2 Å². The van der Waals surface area contributed by atoms with Gasteiger partial charge in [0.05, 0.1) is 5.41 Å². The molecule has 0 saturated carbocycles. The maximum Gasteiger partial charge on any atom is 0.572 e. The molecule has 0 aromatic heterocycles. The number of benzene rings is 1. The number of hydrogen-bond donors (Lipinski definition) is 1. The lowest BCUT2D eigenvalue weighted by Crippen LogP contribution is -2.49. The second kappa shape index (κ2) is 7.12. The van der Waals surface area contributed by atoms with E-state index in [4.69, 9.17) is 34.6 Å². The zero-order chi connectivity index (χ0) is 17.2. The predicted molar refractivity (Wildman–Crippen MR) is 86.7 cm³/mol. The highest BCUT2D eigenvalue weighted by Gasteiger charge is 2.62. The standard InChI is InChI=1S/C15H19ClO7P/c1-2-11-5-12(16)3-4-13(11)19-6-14(17)20-7-15-8-21-24(18,22-9-15)23-10-15/h3-5,18H,2,6-10H2,1H3/q+1. The van der Waals surface area contributed by atoms with E-state index >= 15 is 0 Å². The van der Waals surface area contributed by atoms with Gasteiger partial charge >= 0.3 is 14.1 Å². The molecule has 1 aromatic carbocycles. The van der Waals surface area contributed by atoms with E-state index in [1.807, 2.05) is 13.0 Å². The number of carbonyl (C=O) groups excluding carboxylic acids is 1. The minimum atomic E-state index is -3.11. The van der Waals surface area contributed by atoms with Crippen LogP contribution < -0.4 is 4.74 Å². The van der Waals surface area contributed by atoms with E-state index in [1.165, 1.54) is 0 Å². The Bertz CT molecular complexity index is 599. The molecule has 3 aliphatic heterocycles. The van der Waals surface area contributed by atoms with Gasteiger partial charge in [0.25, 0.3) is 0 Å². The highest BCUT2D eigenvalue weighted by Crippen LogP contribution is 2.66. The largest absolute Gasteiger partial charge is 0.572 e. The van der Waals surface area contributed by atoms with Crippen LogP contribution in [0.2, 0.25) is 5.02 Å². The molecule has 24 heavy (non-hydrogen) atoms. The van der Waals surface area contributed by atoms with Gasteiger partial charge in [-0.15, -0.1) is 0 Å². The minimum Gasteiger partial charge on any atom is -0.482 e. The molecule has 3 saturated heterocycles. The van der Waals surface area contributed by atoms with Crippen LogP contribution in [0.3, 0.4) is 0 Å². The normalized spacial score (nSPS) is 28.6. The Labute approximate surface area is 145 Å². The van der Waals surface area contributed by atoms with Gasteiger partial charge in [-0.1, -0.05) is 18.5 Å². The smallest absolute Gasteiger partial charge is 0.482 e. The van der Waals surface area contributed by atoms with E-state index in [9.17, 15) is 9.69 Å². The highest BCUT2D eigenvalue weighted by molar-refractivity contribution is 7.55. The average molecular weight is 378 g/mol. The van der Waals surface area contributed by atoms with Crippen LogP contribution in [0.1, 0.15) is 12.5 Å². The van der Waals surface area contributed by atoms with Crippen molar-refractivity contribution in [2.75, 3.05) is 33.0 Å². The topological polar surface area (TPSA) is 83.5 Å². The Kier molecular flexibility index (Phi) is 5.30. The summed E-state index contributed by atoms with van der Waals surface area (Å²) >= 11 is 5.94. The molecule has 4 rings (SSSR count). The molecule has 0 aliphatic carbocycles. The number of fused-ring (bicyclic) bond motifs is 3. The van der Waals surface area contributed by atoms with E-state index in [1.54, 1.807) is 12.1 Å². The maximum absolute atomic E-state index is 11.9. The summed E-state index contributed by atoms with van der Waals surface area (Å²) in [6.07, 6.45) is 0.742. The fourth-order valence-corrected chi connectivity index (χ4v) is 4.12. The predicted octanol–water partition coefficient (Wildman–Crippen LogP) is 2.56. The van der Waals surface area contributed by atoms with E-state index in [0.717, 1.165) is 12.0 Å². The van der Waals surface area contributed by atoms with Gasteiger partial charge in [0.15, 0.2) is 6.61 Å². The summed E-state index contributed by atoms with van der Waals surface area (Å²) in [7, 11) is -3.11. The van der Waals surface area contributed by atoms with E-state index in [2.05, 4.69) is 0 Å². The monoisotopic (exact) mass is 377 g/mol. The van der Waals surface area contributed by atoms with Gasteiger partial charge in [-0.25, -0.2) is 4.79 Å². The van der Waals surface area contributed by atoms with Crippen molar-refractivity contribution in [3.05, 3.63) is 28.8 Å². The lowest BCUT2D eigenvalue weighted by Gasteiger charge is -2.39. The van der Waals surface area contributed by atoms with Gasteiger partial charge in [0.1, 0.15) is 32.2 Å². The fraction of sp³-hybridized carbons (Fsp3) is 0.533. The first kappa shape index (κ1) is 17.9. The quantitative estimate of drug-likeness (QED) is 0.602. The second-order valence-corrected chi connectivity index (χ2v) is 7.99. The number of rotatable bonds is 6. The molecule has 0 radical (unpaired) electrons. The number of halogens is 1. The van der Waals surface area contributed by atoms with Gasteiger partial charge in [0, 0.05) is 5.02 Å². The van der Waals surface area contributed by atoms with E-state index < -0.39 is 19.6 Å². The Morgan fingerprint density at radius 2 is 2.00 bits per heavy atom. The highest BCUT2D eigenvalue weighted by atomic mass is 35.5. The second-order valence-electron chi connectivity index (χ2n) is 5.84. The number of ether oxygens (including phenoxy) is 2. The van der Waals surface area contributed by atoms with Gasteiger partial charge in [-0.3, -0.25) is 0 Å². The summed E-state index contributed by atoms with van der Waals surface area (Å²) in [5.41, 5.74) is 0.349. The van der Waals surface area contributed by atoms with Crippen molar-refractivity contribution in [1.82, 2.24) is 0 Å². The Morgan fingerprint density at radius 1 is 1.33 bits per heavy atom. The molecule has 2 bridgehead atoms. The Morgan fingerprint density at radius 3 is 2.62 bits per heavy atom. The van der Waals surface area contributed by atoms with Crippen molar-refractivity contribution in [3.8, 4) is 5.75 Å². The van der Waals surface area contributed by atoms with E-state index in [-0.39, 0.29) is 33.0 Å². The molecular weight excluding hydrogens is 359 g/mol. The number of aryl methyl sites for hydroxylation is 1. The van der Waals surface area contributed by atoms with Crippen LogP contribution >= 0.6 is 19.8 Å². The zero-order valence-electron chi connectivity index (χ0n) is 13.2. The third-order valence-electron chi connectivity index (χ3n) is 3.89. The van der Waals surface area contributed by atoms with Gasteiger partial charge in [-0.2, -0.15) is 18.5 Å². The van der Waals surface area contributed by atoms with E-state index in [0.29, 0.717) is 10.8 Å². The molecule has 1 aromatic rings. The van der Waals surface area contributed by atoms with Crippen molar-refractivity contribution in [2.45, 2.75) is 13.3 Å². The summed E-state index contributed by atoms with van der Waals surface area (Å²) in [6.45, 7) is 2.57. The molecule has 7 nitrogen and oxygen atoms in total. The average Bonchev–Trinajstić information content (AvgIpc) is 2.60. The van der Waals surface area contributed by atoms with Crippen LogP contribution in [0.5, 0.6) is 5.75 Å². The molecular formula is C15H19ClO7P+. The van der Waals surface area contributed by atoms with Gasteiger partial charge in [-0.05, 0) is 30.2 Å². The molecule has 3 heterocycles. The van der Waals surface area contributed by atoms with Crippen LogP contribution in [-0.4, -0.2) is 43.9 Å². The molecule has 1 N–H and O–H groups in total. The van der Waals surface area contributed by atoms with Gasteiger partial charge < -0.3 is 9.47 Å². The Hall–Kier alpha value is -0.950. The molecule has 3 aliphatic rings. The maximum atomic E-state index is 11.9. The summed E-state index contributed by atoms with van der Waals surface area (Å²) < 4.78 is 26.2. The first-order valence-electron chi connectivity index (χ1n) is 7.56. The lowest BCUT2D eigenvalue weighted by molar-refractivity contribution is -0.165. The molecule has 0 atom stereocenters. The summed E-state index contributed by atoms with van der Waals surface area (Å²) in [5, 5.41) is 0.623. The first-order valence-corrected chi connectivity index (χ1v) is 9.43. The number of carbonyl (C=O) groups is 1. The van der Waals surface area contributed by atoms with Crippen molar-refractivity contribution >= 4 is 25.7 Å². The van der Waals surface area contributed by atoms with Crippen molar-refractivity contribution in [3.63, 3.8) is 0 Å². The number of hydrogen-bond acceptors (Lipinski definition) is 7. The fourth-order valence-electron chi connectivity index (χ4n) is 2.39. The molecule has 3 fully saturated rings. The number of esters is 1. The molecule has 0 amide bonds. The molecule has 9 heteroatoms. The zero-order valence-corrected chi connectivity index (χ0v) is 14.8. The SMILES string of the molecule is CCc1cc(Cl)ccc1OCC(=O)OCC12CO[P+](O)(OC1)OC2. The third-order valence-corrected chi connectivity index (χ3v) is 5.49. The minimum absolute atomic E-state index is 0.0798. The first-order chi connectivity index (χ1) is 11.4. The van der Waals surface area contributed by atoms with Crippen LogP contribution in [0.25, 0.3) is 0 Å². The van der Waals surface area contributed by atoms with Gasteiger partial charge in [0.2, 0.25) is 0 Å². The summed E-state index contributed by atoms with van der Waals surface area (Å²) in [5.74, 6) is 0.111. The molecule has 132 valence electrons. The third kappa shape index (κ3) is 3.99. The lowest BCUT2D eigenvalue weighted by atomic mass is 9.92. The van der Waals surface area contributed by atoms with Crippen molar-refractivity contribution in [1.29, 1.82) is 0 Å². The molecule has 0 unspecified atom stereocenters. The van der Waals surface area contributed by atoms with Crippen LogP contribution in [-0.2, 0) is 29.5 Å². The van der Waals surface area contributed by atoms with Crippen molar-refractivity contribution in [2.24, 2.45) is 5.41 Å². The Balaban J connectivity index is 1.48. The van der Waals surface area contributed by atoms with Crippen molar-refractivity contribution < 1.29 is 32.7 Å². The summed E-state index contributed by atoms with van der Waals surface area (Å²) in [4.78, 5) is 21.6. The van der Waals surface area contributed by atoms with Crippen LogP contribution in [0.4, 0.5) is 0 Å². The molecule has 0 spiro atoms. The van der Waals surface area contributed by atoms with Crippen LogP contribution in [0, 0.1) is 5.41 Å². The summed E-state index contributed by atoms with van der Waals surface area (Å²) in [6, 6.07) is 5.25.